The Bertz CT molecular complexity index is 792. The average molecular weight is 443 g/mol. The van der Waals surface area contributed by atoms with E-state index < -0.39 is 0 Å². The zero-order valence-corrected chi connectivity index (χ0v) is 19.6. The van der Waals surface area contributed by atoms with E-state index in [1.165, 1.54) is 11.1 Å². The summed E-state index contributed by atoms with van der Waals surface area (Å²) in [6.07, 6.45) is 6.71. The molecule has 6 heteroatoms. The van der Waals surface area contributed by atoms with E-state index in [-0.39, 0.29) is 30.2 Å². The second kappa shape index (κ2) is 10.8. The molecular formula is C26H38N2O4. The molecule has 1 aromatic carbocycles. The standard InChI is InChI=1S/C26H38N2O4/c1-3-31-26(32-4-2)23-12-8-16-28(23)25(30)22-11-7-15-27(22)24(29)18-19-13-14-20-9-5-6-10-21(20)17-19/h5-6,9-10,19,22-23,26H,3-4,7-8,11-18H2,1-2H3/t19-,22+,23?/m1/s1. The molecule has 4 rings (SSSR count). The van der Waals surface area contributed by atoms with Crippen molar-refractivity contribution in [1.82, 2.24) is 9.80 Å². The van der Waals surface area contributed by atoms with Crippen LogP contribution in [0.4, 0.5) is 0 Å². The van der Waals surface area contributed by atoms with Gasteiger partial charge < -0.3 is 19.3 Å². The summed E-state index contributed by atoms with van der Waals surface area (Å²) < 4.78 is 11.6. The maximum atomic E-state index is 13.6. The first kappa shape index (κ1) is 23.2. The Morgan fingerprint density at radius 1 is 0.969 bits per heavy atom. The summed E-state index contributed by atoms with van der Waals surface area (Å²) in [6.45, 7) is 6.43. The van der Waals surface area contributed by atoms with Gasteiger partial charge in [-0.3, -0.25) is 9.59 Å². The number of benzene rings is 1. The van der Waals surface area contributed by atoms with Crippen molar-refractivity contribution < 1.29 is 19.1 Å². The summed E-state index contributed by atoms with van der Waals surface area (Å²) >= 11 is 0. The molecule has 6 nitrogen and oxygen atoms in total. The Kier molecular flexibility index (Phi) is 7.84. The molecule has 0 bridgehead atoms. The summed E-state index contributed by atoms with van der Waals surface area (Å²) in [5.74, 6) is 0.595. The van der Waals surface area contributed by atoms with Crippen LogP contribution in [0.2, 0.25) is 0 Å². The summed E-state index contributed by atoms with van der Waals surface area (Å²) in [5.41, 5.74) is 2.80. The van der Waals surface area contributed by atoms with E-state index >= 15 is 0 Å². The number of ether oxygens (including phenoxy) is 2. The van der Waals surface area contributed by atoms with E-state index in [0.29, 0.717) is 32.1 Å². The lowest BCUT2D eigenvalue weighted by Gasteiger charge is -2.35. The first-order valence-electron chi connectivity index (χ1n) is 12.5. The van der Waals surface area contributed by atoms with Crippen molar-refractivity contribution in [2.24, 2.45) is 5.92 Å². The van der Waals surface area contributed by atoms with Crippen LogP contribution in [-0.4, -0.2) is 66.3 Å². The third-order valence-corrected chi connectivity index (χ3v) is 7.33. The number of carbonyl (C=O) groups excluding carboxylic acids is 2. The minimum Gasteiger partial charge on any atom is -0.351 e. The molecule has 2 fully saturated rings. The van der Waals surface area contributed by atoms with Crippen molar-refractivity contribution in [3.05, 3.63) is 35.4 Å². The molecule has 0 radical (unpaired) electrons. The summed E-state index contributed by atoms with van der Waals surface area (Å²) in [5, 5.41) is 0. The minimum atomic E-state index is -0.385. The van der Waals surface area contributed by atoms with Gasteiger partial charge in [-0.05, 0) is 75.8 Å². The van der Waals surface area contributed by atoms with E-state index in [1.54, 1.807) is 0 Å². The van der Waals surface area contributed by atoms with Crippen LogP contribution in [0.5, 0.6) is 0 Å². The van der Waals surface area contributed by atoms with Crippen LogP contribution < -0.4 is 0 Å². The molecule has 2 aliphatic heterocycles. The number of amides is 2. The Morgan fingerprint density at radius 3 is 2.41 bits per heavy atom. The zero-order valence-electron chi connectivity index (χ0n) is 19.6. The molecule has 1 aromatic rings. The predicted octanol–water partition coefficient (Wildman–Crippen LogP) is 3.56. The molecule has 176 valence electrons. The fraction of sp³-hybridized carbons (Fsp3) is 0.692. The van der Waals surface area contributed by atoms with Gasteiger partial charge in [-0.25, -0.2) is 0 Å². The molecule has 0 aromatic heterocycles. The first-order valence-corrected chi connectivity index (χ1v) is 12.5. The molecule has 3 atom stereocenters. The molecule has 2 saturated heterocycles. The lowest BCUT2D eigenvalue weighted by molar-refractivity contribution is -0.177. The lowest BCUT2D eigenvalue weighted by Crippen LogP contribution is -2.52. The van der Waals surface area contributed by atoms with Crippen LogP contribution in [0.15, 0.2) is 24.3 Å². The van der Waals surface area contributed by atoms with Gasteiger partial charge in [-0.15, -0.1) is 0 Å². The van der Waals surface area contributed by atoms with Gasteiger partial charge in [-0.2, -0.15) is 0 Å². The molecule has 0 spiro atoms. The smallest absolute Gasteiger partial charge is 0.245 e. The molecule has 32 heavy (non-hydrogen) atoms. The van der Waals surface area contributed by atoms with Crippen molar-refractivity contribution in [2.75, 3.05) is 26.3 Å². The highest BCUT2D eigenvalue weighted by Crippen LogP contribution is 2.31. The highest BCUT2D eigenvalue weighted by atomic mass is 16.7. The van der Waals surface area contributed by atoms with Gasteiger partial charge in [0.2, 0.25) is 11.8 Å². The molecule has 2 heterocycles. The monoisotopic (exact) mass is 442 g/mol. The van der Waals surface area contributed by atoms with Gasteiger partial charge in [-0.1, -0.05) is 24.3 Å². The van der Waals surface area contributed by atoms with E-state index in [9.17, 15) is 9.59 Å². The van der Waals surface area contributed by atoms with Gasteiger partial charge in [0.15, 0.2) is 6.29 Å². The number of rotatable bonds is 8. The first-order chi connectivity index (χ1) is 15.6. The second-order valence-corrected chi connectivity index (χ2v) is 9.35. The number of fused-ring (bicyclic) bond motifs is 1. The van der Waals surface area contributed by atoms with Gasteiger partial charge in [0, 0.05) is 32.7 Å². The van der Waals surface area contributed by atoms with Crippen LogP contribution in [0.25, 0.3) is 0 Å². The molecule has 1 unspecified atom stereocenters. The highest BCUT2D eigenvalue weighted by molar-refractivity contribution is 5.88. The Hall–Kier alpha value is -1.92. The maximum Gasteiger partial charge on any atom is 0.245 e. The lowest BCUT2D eigenvalue weighted by atomic mass is 9.82. The topological polar surface area (TPSA) is 59.1 Å². The normalized spacial score (nSPS) is 25.4. The molecule has 2 amide bonds. The zero-order chi connectivity index (χ0) is 22.5. The Morgan fingerprint density at radius 2 is 1.66 bits per heavy atom. The van der Waals surface area contributed by atoms with Crippen LogP contribution in [-0.2, 0) is 31.9 Å². The van der Waals surface area contributed by atoms with Crippen molar-refractivity contribution in [2.45, 2.75) is 83.6 Å². The van der Waals surface area contributed by atoms with Crippen LogP contribution in [0.3, 0.4) is 0 Å². The van der Waals surface area contributed by atoms with E-state index in [4.69, 9.17) is 9.47 Å². The molecular weight excluding hydrogens is 404 g/mol. The number of hydrogen-bond acceptors (Lipinski definition) is 4. The quantitative estimate of drug-likeness (QED) is 0.578. The number of nitrogens with zero attached hydrogens (tertiary/aromatic N) is 2. The summed E-state index contributed by atoms with van der Waals surface area (Å²) in [6, 6.07) is 8.18. The Labute approximate surface area is 192 Å². The SMILES string of the molecule is CCOC(OCC)C1CCCN1C(=O)[C@@H]1CCCN1C(=O)C[C@@H]1CCc2ccccc2C1. The van der Waals surface area contributed by atoms with Crippen molar-refractivity contribution in [1.29, 1.82) is 0 Å². The number of likely N-dealkylation sites (tertiary alicyclic amines) is 2. The minimum absolute atomic E-state index is 0.0604. The third-order valence-electron chi connectivity index (χ3n) is 7.33. The van der Waals surface area contributed by atoms with Crippen molar-refractivity contribution in [3.63, 3.8) is 0 Å². The molecule has 0 saturated carbocycles. The van der Waals surface area contributed by atoms with Gasteiger partial charge in [0.1, 0.15) is 6.04 Å². The number of hydrogen-bond donors (Lipinski definition) is 0. The second-order valence-electron chi connectivity index (χ2n) is 9.35. The largest absolute Gasteiger partial charge is 0.351 e. The molecule has 3 aliphatic rings. The third kappa shape index (κ3) is 5.01. The van der Waals surface area contributed by atoms with Crippen LogP contribution in [0, 0.1) is 5.92 Å². The fourth-order valence-corrected chi connectivity index (χ4v) is 5.77. The summed E-state index contributed by atoms with van der Waals surface area (Å²) in [4.78, 5) is 30.6. The fourth-order valence-electron chi connectivity index (χ4n) is 5.77. The predicted molar refractivity (Wildman–Crippen MR) is 123 cm³/mol. The van der Waals surface area contributed by atoms with Gasteiger partial charge >= 0.3 is 0 Å². The average Bonchev–Trinajstić information content (AvgIpc) is 3.48. The highest BCUT2D eigenvalue weighted by Gasteiger charge is 2.43. The summed E-state index contributed by atoms with van der Waals surface area (Å²) in [7, 11) is 0. The van der Waals surface area contributed by atoms with Crippen molar-refractivity contribution in [3.8, 4) is 0 Å². The van der Waals surface area contributed by atoms with E-state index in [2.05, 4.69) is 24.3 Å². The Balaban J connectivity index is 1.39. The van der Waals surface area contributed by atoms with Crippen LogP contribution >= 0.6 is 0 Å². The molecule has 0 N–H and O–H groups in total. The maximum absolute atomic E-state index is 13.6. The van der Waals surface area contributed by atoms with Gasteiger partial charge in [0.25, 0.3) is 0 Å². The van der Waals surface area contributed by atoms with E-state index in [1.807, 2.05) is 23.6 Å². The van der Waals surface area contributed by atoms with Gasteiger partial charge in [0.05, 0.1) is 6.04 Å². The van der Waals surface area contributed by atoms with E-state index in [0.717, 1.165) is 51.5 Å². The number of carbonyl (C=O) groups is 2. The van der Waals surface area contributed by atoms with Crippen molar-refractivity contribution >= 4 is 11.8 Å². The number of aryl methyl sites for hydroxylation is 1. The van der Waals surface area contributed by atoms with Crippen LogP contribution in [0.1, 0.15) is 63.5 Å². The molecule has 1 aliphatic carbocycles.